The van der Waals surface area contributed by atoms with Crippen molar-refractivity contribution in [3.8, 4) is 0 Å². The molecule has 0 saturated carbocycles. The van der Waals surface area contributed by atoms with Crippen LogP contribution in [0.3, 0.4) is 0 Å². The van der Waals surface area contributed by atoms with E-state index in [9.17, 15) is 0 Å². The molecule has 8 nitrogen and oxygen atoms in total. The van der Waals surface area contributed by atoms with Crippen LogP contribution < -0.4 is 29.6 Å². The Hall–Kier alpha value is 0.897. The summed E-state index contributed by atoms with van der Waals surface area (Å²) in [5.41, 5.74) is 0. The second-order valence-corrected chi connectivity index (χ2v) is 1.80. The monoisotopic (exact) mass is 192 g/mol. The van der Waals surface area contributed by atoms with E-state index in [4.69, 9.17) is 19.2 Å². The van der Waals surface area contributed by atoms with Crippen LogP contribution in [-0.2, 0) is 0 Å². The van der Waals surface area contributed by atoms with Crippen LogP contribution in [0.4, 0.5) is 0 Å². The van der Waals surface area contributed by atoms with Gasteiger partial charge in [0.05, 0.1) is 0 Å². The Kier molecular flexibility index (Phi) is 73.3. The first-order valence-electron chi connectivity index (χ1n) is 0.894. The molecule has 0 unspecified atom stereocenters. The van der Waals surface area contributed by atoms with Gasteiger partial charge in [-0.1, -0.05) is 0 Å². The molecule has 66 valence electrons. The zero-order valence-electron chi connectivity index (χ0n) is 6.29. The summed E-state index contributed by atoms with van der Waals surface area (Å²) in [4.78, 5) is 29.3. The van der Waals surface area contributed by atoms with Gasteiger partial charge in [0, 0.05) is 0 Å². The maximum atomic E-state index is 7.33. The van der Waals surface area contributed by atoms with Gasteiger partial charge in [0.25, 0.3) is 0 Å². The molecule has 0 heterocycles. The minimum absolute atomic E-state index is 0. The molecule has 0 aliphatic heterocycles. The molecule has 0 bridgehead atoms. The average Bonchev–Trinajstić information content (AvgIpc) is 0.722. The predicted octanol–water partition coefficient (Wildman–Crippen LogP) is -8.79. The Morgan fingerprint density at radius 2 is 0.700 bits per heavy atom. The molecule has 0 aromatic heterocycles. The maximum absolute atomic E-state index is 7.33. The van der Waals surface area contributed by atoms with Gasteiger partial charge in [-0.2, -0.15) is 0 Å². The Morgan fingerprint density at radius 1 is 0.700 bits per heavy atom. The fraction of sp³-hybridized carbons (Fsp3) is 0. The van der Waals surface area contributed by atoms with Crippen molar-refractivity contribution in [3.63, 3.8) is 0 Å². The summed E-state index contributed by atoms with van der Waals surface area (Å²) in [6.07, 6.45) is 0. The molecule has 12 N–H and O–H groups in total. The van der Waals surface area contributed by atoms with E-state index in [0.29, 0.717) is 0 Å². The second kappa shape index (κ2) is 16.5. The molecule has 0 aromatic carbocycles. The molecular formula is H13NaO8Si. The minimum Gasteiger partial charge on any atom is -1.00 e. The van der Waals surface area contributed by atoms with Crippen LogP contribution in [0.5, 0.6) is 0 Å². The molecular weight excluding hydrogens is 179 g/mol. The molecule has 0 atom stereocenters. The second-order valence-electron chi connectivity index (χ2n) is 0.600. The first kappa shape index (κ1) is 44.5. The van der Waals surface area contributed by atoms with Gasteiger partial charge >= 0.3 is 38.6 Å². The third-order valence-electron chi connectivity index (χ3n) is 0. The van der Waals surface area contributed by atoms with Gasteiger partial charge in [0.1, 0.15) is 0 Å². The molecule has 0 fully saturated rings. The van der Waals surface area contributed by atoms with Crippen LogP contribution in [0.2, 0.25) is 0 Å². The first-order valence-corrected chi connectivity index (χ1v) is 2.68. The molecule has 0 aliphatic carbocycles. The van der Waals surface area contributed by atoms with Crippen LogP contribution in [0, 0.1) is 0 Å². The fourth-order valence-electron chi connectivity index (χ4n) is 0. The van der Waals surface area contributed by atoms with E-state index in [1.54, 1.807) is 0 Å². The largest absolute Gasteiger partial charge is 1.00 e. The van der Waals surface area contributed by atoms with Gasteiger partial charge in [-0.15, -0.1) is 0 Å². The molecule has 10 heavy (non-hydrogen) atoms. The van der Waals surface area contributed by atoms with Crippen molar-refractivity contribution >= 4 is 9.05 Å². The summed E-state index contributed by atoms with van der Waals surface area (Å²) < 4.78 is 0. The fourth-order valence-corrected chi connectivity index (χ4v) is 0. The van der Waals surface area contributed by atoms with Crippen molar-refractivity contribution in [2.45, 2.75) is 0 Å². The third-order valence-corrected chi connectivity index (χ3v) is 0. The molecule has 0 aromatic rings. The summed E-state index contributed by atoms with van der Waals surface area (Å²) in [5.74, 6) is 0. The van der Waals surface area contributed by atoms with E-state index in [2.05, 4.69) is 0 Å². The molecule has 0 amide bonds. The number of rotatable bonds is 0. The van der Waals surface area contributed by atoms with Crippen molar-refractivity contribution in [2.24, 2.45) is 0 Å². The van der Waals surface area contributed by atoms with E-state index in [-0.39, 0.29) is 52.9 Å². The van der Waals surface area contributed by atoms with Gasteiger partial charge in [0.15, 0.2) is 0 Å². The molecule has 0 aliphatic rings. The van der Waals surface area contributed by atoms with Crippen molar-refractivity contribution < 1.29 is 72.1 Å². The molecule has 0 radical (unpaired) electrons. The van der Waals surface area contributed by atoms with Gasteiger partial charge in [-0.25, -0.2) is 0 Å². The number of hydrogen-bond donors (Lipinski definition) is 4. The quantitative estimate of drug-likeness (QED) is 0.275. The van der Waals surface area contributed by atoms with E-state index < -0.39 is 9.05 Å². The Labute approximate surface area is 81.2 Å². The summed E-state index contributed by atoms with van der Waals surface area (Å²) >= 11 is 0. The summed E-state index contributed by atoms with van der Waals surface area (Å²) in [7, 11) is -4.61. The number of hydrogen-bond acceptors (Lipinski definition) is 4. The Morgan fingerprint density at radius 3 is 0.700 bits per heavy atom. The van der Waals surface area contributed by atoms with E-state index in [1.165, 1.54) is 0 Å². The van der Waals surface area contributed by atoms with Gasteiger partial charge < -0.3 is 42.5 Å². The topological polar surface area (TPSA) is 207 Å². The average molecular weight is 192 g/mol. The molecule has 10 heteroatoms. The third kappa shape index (κ3) is 690. The summed E-state index contributed by atoms with van der Waals surface area (Å²) in [6, 6.07) is 0. The maximum Gasteiger partial charge on any atom is 1.00 e. The van der Waals surface area contributed by atoms with Gasteiger partial charge in [0.2, 0.25) is 0 Å². The van der Waals surface area contributed by atoms with Crippen LogP contribution in [0.1, 0.15) is 1.43 Å². The Balaban J connectivity index is -0.00000000533. The van der Waals surface area contributed by atoms with Crippen LogP contribution in [-0.4, -0.2) is 50.1 Å². The van der Waals surface area contributed by atoms with Gasteiger partial charge in [-0.3, -0.25) is 0 Å². The SMILES string of the molecule is O.O.O.O.O[Si](O)(O)O.[H-].[Na+]. The zero-order valence-corrected chi connectivity index (χ0v) is 8.29. The van der Waals surface area contributed by atoms with Gasteiger partial charge in [-0.05, 0) is 0 Å². The first-order chi connectivity index (χ1) is 2.00. The normalized spacial score (nSPS) is 6.00. The van der Waals surface area contributed by atoms with Crippen molar-refractivity contribution in [1.82, 2.24) is 0 Å². The van der Waals surface area contributed by atoms with Crippen LogP contribution in [0.15, 0.2) is 0 Å². The van der Waals surface area contributed by atoms with Crippen LogP contribution in [0.25, 0.3) is 0 Å². The molecule has 0 rings (SSSR count). The Bertz CT molecular complexity index is 29.6. The smallest absolute Gasteiger partial charge is 1.00 e. The molecule has 0 spiro atoms. The summed E-state index contributed by atoms with van der Waals surface area (Å²) in [6.45, 7) is 0. The van der Waals surface area contributed by atoms with Crippen molar-refractivity contribution in [3.05, 3.63) is 0 Å². The standard InChI is InChI=1S/Na.H4O4Si.4H2O.H/c;1-5(2,3)4;;;;;/h;1-4H;4*1H2;/q+1;;;;;;-1. The zero-order chi connectivity index (χ0) is 4.50. The van der Waals surface area contributed by atoms with E-state index >= 15 is 0 Å². The molecule has 0 saturated heterocycles. The van der Waals surface area contributed by atoms with Crippen LogP contribution >= 0.6 is 0 Å². The van der Waals surface area contributed by atoms with Crippen molar-refractivity contribution in [1.29, 1.82) is 0 Å². The van der Waals surface area contributed by atoms with E-state index in [0.717, 1.165) is 0 Å². The summed E-state index contributed by atoms with van der Waals surface area (Å²) in [5, 5.41) is 0. The van der Waals surface area contributed by atoms with Crippen molar-refractivity contribution in [2.75, 3.05) is 0 Å². The minimum atomic E-state index is -4.61. The van der Waals surface area contributed by atoms with E-state index in [1.807, 2.05) is 0 Å². The predicted molar refractivity (Wildman–Crippen MR) is 30.2 cm³/mol.